The van der Waals surface area contributed by atoms with Crippen molar-refractivity contribution >= 4 is 17.4 Å². The summed E-state index contributed by atoms with van der Waals surface area (Å²) in [4.78, 5) is 15.3. The van der Waals surface area contributed by atoms with Crippen LogP contribution in [0.3, 0.4) is 0 Å². The number of aromatic nitrogens is 7. The van der Waals surface area contributed by atoms with Gasteiger partial charge in [-0.2, -0.15) is 14.7 Å². The van der Waals surface area contributed by atoms with Crippen molar-refractivity contribution in [2.24, 2.45) is 0 Å². The molecule has 0 bridgehead atoms. The van der Waals surface area contributed by atoms with Crippen LogP contribution in [0, 0.1) is 0 Å². The predicted molar refractivity (Wildman–Crippen MR) is 124 cm³/mol. The van der Waals surface area contributed by atoms with Crippen LogP contribution in [-0.4, -0.2) is 60.6 Å². The number of ether oxygens (including phenoxy) is 1. The molecule has 10 heteroatoms. The monoisotopic (exact) mass is 439 g/mol. The van der Waals surface area contributed by atoms with E-state index in [0.29, 0.717) is 24.7 Å². The summed E-state index contributed by atoms with van der Waals surface area (Å²) in [6.07, 6.45) is 5.26. The first-order valence-electron chi connectivity index (χ1n) is 10.7. The number of nitrogen functional groups attached to an aromatic ring is 1. The van der Waals surface area contributed by atoms with Crippen LogP contribution in [0.5, 0.6) is 0 Å². The molecule has 0 radical (unpaired) electrons. The number of morpholine rings is 1. The third-order valence-corrected chi connectivity index (χ3v) is 5.59. The van der Waals surface area contributed by atoms with Crippen molar-refractivity contribution in [3.8, 4) is 28.3 Å². The van der Waals surface area contributed by atoms with E-state index in [0.717, 1.165) is 41.4 Å². The lowest BCUT2D eigenvalue weighted by atomic mass is 10.2. The number of hydrogen-bond donors (Lipinski definition) is 1. The smallest absolute Gasteiger partial charge is 0.219 e. The molecule has 1 aliphatic rings. The van der Waals surface area contributed by atoms with E-state index in [1.807, 2.05) is 59.2 Å². The Kier molecular flexibility index (Phi) is 4.69. The fourth-order valence-corrected chi connectivity index (χ4v) is 3.91. The lowest BCUT2D eigenvalue weighted by Crippen LogP contribution is -2.37. The normalized spacial score (nSPS) is 14.1. The van der Waals surface area contributed by atoms with Gasteiger partial charge in [-0.1, -0.05) is 30.3 Å². The van der Waals surface area contributed by atoms with Crippen LogP contribution in [0.2, 0.25) is 0 Å². The second-order valence-corrected chi connectivity index (χ2v) is 7.71. The van der Waals surface area contributed by atoms with E-state index in [1.54, 1.807) is 17.1 Å². The molecule has 0 atom stereocenters. The number of benzene rings is 1. The topological polar surface area (TPSA) is 112 Å². The molecule has 4 aromatic heterocycles. The van der Waals surface area contributed by atoms with Crippen LogP contribution < -0.4 is 10.6 Å². The molecule has 1 aromatic carbocycles. The average Bonchev–Trinajstić information content (AvgIpc) is 3.53. The number of nitrogens with zero attached hydrogens (tertiary/aromatic N) is 8. The molecule has 10 nitrogen and oxygen atoms in total. The Morgan fingerprint density at radius 2 is 1.64 bits per heavy atom. The largest absolute Gasteiger partial charge is 0.378 e. The third kappa shape index (κ3) is 3.66. The minimum Gasteiger partial charge on any atom is -0.378 e. The van der Waals surface area contributed by atoms with Crippen molar-refractivity contribution in [3.63, 3.8) is 0 Å². The number of anilines is 2. The molecular formula is C23H21N9O. The average molecular weight is 439 g/mol. The maximum absolute atomic E-state index is 5.64. The van der Waals surface area contributed by atoms with Gasteiger partial charge in [0.2, 0.25) is 5.95 Å². The van der Waals surface area contributed by atoms with Crippen LogP contribution in [0.25, 0.3) is 34.0 Å². The predicted octanol–water partition coefficient (Wildman–Crippen LogP) is 2.46. The molecule has 0 spiro atoms. The lowest BCUT2D eigenvalue weighted by molar-refractivity contribution is 0.122. The maximum Gasteiger partial charge on any atom is 0.219 e. The van der Waals surface area contributed by atoms with Crippen LogP contribution >= 0.6 is 0 Å². The molecule has 0 saturated carbocycles. The minimum absolute atomic E-state index is 0.227. The van der Waals surface area contributed by atoms with Crippen LogP contribution in [-0.2, 0) is 4.74 Å². The van der Waals surface area contributed by atoms with E-state index in [9.17, 15) is 0 Å². The number of hydrogen-bond acceptors (Lipinski definition) is 8. The molecule has 0 unspecified atom stereocenters. The highest BCUT2D eigenvalue weighted by atomic mass is 16.5. The zero-order valence-electron chi connectivity index (χ0n) is 17.7. The summed E-state index contributed by atoms with van der Waals surface area (Å²) in [5, 5.41) is 9.56. The van der Waals surface area contributed by atoms with E-state index in [2.05, 4.69) is 14.9 Å². The van der Waals surface area contributed by atoms with Gasteiger partial charge in [-0.15, -0.1) is 0 Å². The van der Waals surface area contributed by atoms with Gasteiger partial charge in [0.25, 0.3) is 0 Å². The summed E-state index contributed by atoms with van der Waals surface area (Å²) in [6, 6.07) is 16.0. The maximum atomic E-state index is 5.64. The highest BCUT2D eigenvalue weighted by molar-refractivity contribution is 5.66. The first-order chi connectivity index (χ1) is 16.2. The van der Waals surface area contributed by atoms with Crippen molar-refractivity contribution in [1.29, 1.82) is 0 Å². The Balaban J connectivity index is 1.47. The standard InChI is InChI=1S/C23H21N9O/c24-23-25-14-17(15-26-23)19-12-21-27-20(13-22(32(21)29-19)30-8-10-33-11-9-30)31-7-6-18(28-31)16-4-2-1-3-5-16/h1-7,12-15H,8-11H2,(H2,24,25,26). The van der Waals surface area contributed by atoms with Gasteiger partial charge in [-0.25, -0.2) is 19.6 Å². The summed E-state index contributed by atoms with van der Waals surface area (Å²) in [5.74, 6) is 1.87. The van der Waals surface area contributed by atoms with Crippen LogP contribution in [0.4, 0.5) is 11.8 Å². The molecule has 6 rings (SSSR count). The van der Waals surface area contributed by atoms with Gasteiger partial charge >= 0.3 is 0 Å². The van der Waals surface area contributed by atoms with E-state index in [-0.39, 0.29) is 5.95 Å². The van der Waals surface area contributed by atoms with Gasteiger partial charge in [0, 0.05) is 54.9 Å². The van der Waals surface area contributed by atoms with E-state index < -0.39 is 0 Å². The van der Waals surface area contributed by atoms with Crippen molar-refractivity contribution in [2.45, 2.75) is 0 Å². The Hall–Kier alpha value is -4.31. The van der Waals surface area contributed by atoms with Crippen molar-refractivity contribution in [3.05, 3.63) is 67.1 Å². The Bertz CT molecular complexity index is 1400. The summed E-state index contributed by atoms with van der Waals surface area (Å²) in [5.41, 5.74) is 9.79. The molecule has 1 aliphatic heterocycles. The molecule has 5 aromatic rings. The minimum atomic E-state index is 0.227. The van der Waals surface area contributed by atoms with E-state index in [4.69, 9.17) is 25.7 Å². The second kappa shape index (κ2) is 7.99. The highest BCUT2D eigenvalue weighted by Crippen LogP contribution is 2.26. The Labute approximate surface area is 189 Å². The summed E-state index contributed by atoms with van der Waals surface area (Å²) in [6.45, 7) is 2.87. The van der Waals surface area contributed by atoms with Gasteiger partial charge in [-0.3, -0.25) is 0 Å². The zero-order chi connectivity index (χ0) is 22.2. The van der Waals surface area contributed by atoms with E-state index in [1.165, 1.54) is 0 Å². The summed E-state index contributed by atoms with van der Waals surface area (Å²) in [7, 11) is 0. The van der Waals surface area contributed by atoms with Gasteiger partial charge in [0.1, 0.15) is 5.82 Å². The molecule has 5 heterocycles. The first-order valence-corrected chi connectivity index (χ1v) is 10.7. The van der Waals surface area contributed by atoms with Crippen molar-refractivity contribution in [2.75, 3.05) is 36.9 Å². The molecule has 0 aliphatic carbocycles. The SMILES string of the molecule is Nc1ncc(-c2cc3nc(-n4ccc(-c5ccccc5)n4)cc(N4CCOCC4)n3n2)cn1. The fraction of sp³-hybridized carbons (Fsp3) is 0.174. The van der Waals surface area contributed by atoms with Crippen molar-refractivity contribution < 1.29 is 4.74 Å². The quantitative estimate of drug-likeness (QED) is 0.454. The molecule has 1 saturated heterocycles. The Morgan fingerprint density at radius 1 is 0.848 bits per heavy atom. The number of rotatable bonds is 4. The van der Waals surface area contributed by atoms with Crippen LogP contribution in [0.1, 0.15) is 0 Å². The van der Waals surface area contributed by atoms with Gasteiger partial charge in [0.05, 0.1) is 24.6 Å². The van der Waals surface area contributed by atoms with Crippen molar-refractivity contribution in [1.82, 2.24) is 34.3 Å². The Morgan fingerprint density at radius 3 is 2.42 bits per heavy atom. The number of fused-ring (bicyclic) bond motifs is 1. The summed E-state index contributed by atoms with van der Waals surface area (Å²) >= 11 is 0. The molecule has 0 amide bonds. The van der Waals surface area contributed by atoms with E-state index >= 15 is 0 Å². The van der Waals surface area contributed by atoms with Gasteiger partial charge in [0.15, 0.2) is 11.5 Å². The molecule has 2 N–H and O–H groups in total. The third-order valence-electron chi connectivity index (χ3n) is 5.59. The molecular weight excluding hydrogens is 418 g/mol. The summed E-state index contributed by atoms with van der Waals surface area (Å²) < 4.78 is 9.20. The first kappa shape index (κ1) is 19.4. The van der Waals surface area contributed by atoms with Gasteiger partial charge in [-0.05, 0) is 6.07 Å². The fourth-order valence-electron chi connectivity index (χ4n) is 3.91. The van der Waals surface area contributed by atoms with Crippen LogP contribution in [0.15, 0.2) is 67.1 Å². The molecule has 1 fully saturated rings. The second-order valence-electron chi connectivity index (χ2n) is 7.71. The molecule has 33 heavy (non-hydrogen) atoms. The van der Waals surface area contributed by atoms with Gasteiger partial charge < -0.3 is 15.4 Å². The number of nitrogens with two attached hydrogens (primary N) is 1. The molecule has 164 valence electrons. The zero-order valence-corrected chi connectivity index (χ0v) is 17.7. The highest BCUT2D eigenvalue weighted by Gasteiger charge is 2.19. The lowest BCUT2D eigenvalue weighted by Gasteiger charge is -2.29.